The van der Waals surface area contributed by atoms with Crippen molar-refractivity contribution in [1.82, 2.24) is 4.90 Å². The number of phenols is 1. The summed E-state index contributed by atoms with van der Waals surface area (Å²) in [6, 6.07) is 8.71. The normalized spacial score (nSPS) is 8.23. The fourth-order valence-electron chi connectivity index (χ4n) is 0.428. The Bertz CT molecular complexity index is 244. The van der Waals surface area contributed by atoms with Gasteiger partial charge in [0.05, 0.1) is 0 Å². The van der Waals surface area contributed by atoms with Crippen LogP contribution >= 0.6 is 0 Å². The van der Waals surface area contributed by atoms with Crippen molar-refractivity contribution < 1.29 is 9.90 Å². The zero-order valence-electron chi connectivity index (χ0n) is 8.19. The van der Waals surface area contributed by atoms with Crippen LogP contribution in [-0.4, -0.2) is 30.0 Å². The average molecular weight is 181 g/mol. The Morgan fingerprint density at radius 3 is 1.77 bits per heavy atom. The summed E-state index contributed by atoms with van der Waals surface area (Å²) in [6.45, 7) is 1.53. The van der Waals surface area contributed by atoms with Crippen molar-refractivity contribution in [1.29, 1.82) is 0 Å². The number of nitrogens with zero attached hydrogens (tertiary/aromatic N) is 1. The van der Waals surface area contributed by atoms with Gasteiger partial charge in [0.2, 0.25) is 5.91 Å². The number of hydrogen-bond acceptors (Lipinski definition) is 2. The Morgan fingerprint density at radius 2 is 1.62 bits per heavy atom. The van der Waals surface area contributed by atoms with E-state index in [9.17, 15) is 4.79 Å². The van der Waals surface area contributed by atoms with E-state index < -0.39 is 0 Å². The van der Waals surface area contributed by atoms with Gasteiger partial charge in [-0.1, -0.05) is 18.2 Å². The van der Waals surface area contributed by atoms with Crippen molar-refractivity contribution in [2.75, 3.05) is 14.1 Å². The molecule has 3 heteroatoms. The molecule has 13 heavy (non-hydrogen) atoms. The van der Waals surface area contributed by atoms with Gasteiger partial charge < -0.3 is 10.0 Å². The van der Waals surface area contributed by atoms with E-state index in [0.717, 1.165) is 0 Å². The van der Waals surface area contributed by atoms with Crippen molar-refractivity contribution in [3.8, 4) is 5.75 Å². The molecule has 1 amide bonds. The highest BCUT2D eigenvalue weighted by Crippen LogP contribution is 2.02. The Balaban J connectivity index is 0.000000226. The highest BCUT2D eigenvalue weighted by Gasteiger charge is 1.87. The van der Waals surface area contributed by atoms with Gasteiger partial charge in [-0.25, -0.2) is 0 Å². The lowest BCUT2D eigenvalue weighted by molar-refractivity contribution is -0.126. The molecule has 0 aliphatic heterocycles. The summed E-state index contributed by atoms with van der Waals surface area (Å²) in [4.78, 5) is 11.6. The third kappa shape index (κ3) is 6.87. The van der Waals surface area contributed by atoms with Gasteiger partial charge in [0.25, 0.3) is 0 Å². The molecule has 0 spiro atoms. The van der Waals surface area contributed by atoms with E-state index in [1.54, 1.807) is 38.4 Å². The largest absolute Gasteiger partial charge is 0.508 e. The minimum absolute atomic E-state index is 0.0926. The lowest BCUT2D eigenvalue weighted by atomic mass is 10.3. The molecule has 72 valence electrons. The third-order valence-corrected chi connectivity index (χ3v) is 1.39. The molecular formula is C10H15NO2. The number of rotatable bonds is 0. The number of para-hydroxylation sites is 1. The zero-order valence-corrected chi connectivity index (χ0v) is 8.19. The molecule has 3 nitrogen and oxygen atoms in total. The van der Waals surface area contributed by atoms with Crippen molar-refractivity contribution in [3.63, 3.8) is 0 Å². The Hall–Kier alpha value is -1.51. The van der Waals surface area contributed by atoms with Crippen LogP contribution in [-0.2, 0) is 4.79 Å². The van der Waals surface area contributed by atoms with Gasteiger partial charge in [0.1, 0.15) is 5.75 Å². The molecule has 0 aliphatic carbocycles. The molecule has 1 aromatic rings. The standard InChI is InChI=1S/C6H6O.C4H9NO/c7-6-4-2-1-3-5-6;1-4(6)5(2)3/h1-5,7H;1-3H3. The minimum atomic E-state index is 0.0926. The summed E-state index contributed by atoms with van der Waals surface area (Å²) < 4.78 is 0. The first-order valence-electron chi connectivity index (χ1n) is 3.96. The molecule has 0 saturated carbocycles. The van der Waals surface area contributed by atoms with E-state index in [4.69, 9.17) is 5.11 Å². The highest BCUT2D eigenvalue weighted by molar-refractivity contribution is 5.72. The summed E-state index contributed by atoms with van der Waals surface area (Å²) >= 11 is 0. The van der Waals surface area contributed by atoms with Gasteiger partial charge in [0, 0.05) is 21.0 Å². The van der Waals surface area contributed by atoms with E-state index >= 15 is 0 Å². The lowest BCUT2D eigenvalue weighted by Crippen LogP contribution is -2.17. The lowest BCUT2D eigenvalue weighted by Gasteiger charge is -2.02. The summed E-state index contributed by atoms with van der Waals surface area (Å²) in [5.41, 5.74) is 0. The SMILES string of the molecule is CC(=O)N(C)C.Oc1ccccc1. The van der Waals surface area contributed by atoms with Crippen LogP contribution < -0.4 is 0 Å². The first-order chi connectivity index (χ1) is 6.04. The first kappa shape index (κ1) is 11.5. The molecule has 0 saturated heterocycles. The average Bonchev–Trinajstić information content (AvgIpc) is 2.06. The predicted molar refractivity (Wildman–Crippen MR) is 52.5 cm³/mol. The number of benzene rings is 1. The summed E-state index contributed by atoms with van der Waals surface area (Å²) in [5.74, 6) is 0.414. The van der Waals surface area contributed by atoms with Crippen LogP contribution in [0.1, 0.15) is 6.92 Å². The van der Waals surface area contributed by atoms with E-state index in [2.05, 4.69) is 0 Å². The predicted octanol–water partition coefficient (Wildman–Crippen LogP) is 1.49. The van der Waals surface area contributed by atoms with Gasteiger partial charge in [-0.15, -0.1) is 0 Å². The smallest absolute Gasteiger partial charge is 0.218 e. The van der Waals surface area contributed by atoms with E-state index in [-0.39, 0.29) is 5.91 Å². The molecule has 0 aromatic heterocycles. The van der Waals surface area contributed by atoms with Crippen LogP contribution in [0.5, 0.6) is 5.75 Å². The van der Waals surface area contributed by atoms with Crippen molar-refractivity contribution in [3.05, 3.63) is 30.3 Å². The maximum absolute atomic E-state index is 10.1. The molecule has 0 fully saturated rings. The van der Waals surface area contributed by atoms with Crippen LogP contribution in [0, 0.1) is 0 Å². The van der Waals surface area contributed by atoms with Crippen LogP contribution in [0.2, 0.25) is 0 Å². The Labute approximate surface area is 78.6 Å². The fourth-order valence-corrected chi connectivity index (χ4v) is 0.428. The number of carbonyl (C=O) groups excluding carboxylic acids is 1. The van der Waals surface area contributed by atoms with Crippen molar-refractivity contribution in [2.24, 2.45) is 0 Å². The number of amides is 1. The van der Waals surface area contributed by atoms with Crippen LogP contribution in [0.15, 0.2) is 30.3 Å². The number of aromatic hydroxyl groups is 1. The van der Waals surface area contributed by atoms with Gasteiger partial charge in [-0.2, -0.15) is 0 Å². The minimum Gasteiger partial charge on any atom is -0.508 e. The third-order valence-electron chi connectivity index (χ3n) is 1.39. The number of phenolic OH excluding ortho intramolecular Hbond substituents is 1. The van der Waals surface area contributed by atoms with Crippen molar-refractivity contribution >= 4 is 5.91 Å². The number of hydrogen-bond donors (Lipinski definition) is 1. The molecule has 0 unspecified atom stereocenters. The highest BCUT2D eigenvalue weighted by atomic mass is 16.3. The molecular weight excluding hydrogens is 166 g/mol. The van der Waals surface area contributed by atoms with Gasteiger partial charge in [0.15, 0.2) is 0 Å². The molecule has 1 N–H and O–H groups in total. The van der Waals surface area contributed by atoms with E-state index in [0.29, 0.717) is 5.75 Å². The second kappa shape index (κ2) is 6.06. The topological polar surface area (TPSA) is 40.5 Å². The summed E-state index contributed by atoms with van der Waals surface area (Å²) in [6.07, 6.45) is 0. The Morgan fingerprint density at radius 1 is 1.23 bits per heavy atom. The second-order valence-electron chi connectivity index (χ2n) is 2.75. The molecule has 0 radical (unpaired) electrons. The van der Waals surface area contributed by atoms with Crippen LogP contribution in [0.25, 0.3) is 0 Å². The Kier molecular flexibility index (Phi) is 5.35. The molecule has 0 atom stereocenters. The maximum Gasteiger partial charge on any atom is 0.218 e. The number of carbonyl (C=O) groups is 1. The van der Waals surface area contributed by atoms with Crippen LogP contribution in [0.4, 0.5) is 0 Å². The van der Waals surface area contributed by atoms with Crippen LogP contribution in [0.3, 0.4) is 0 Å². The molecule has 0 aliphatic rings. The quantitative estimate of drug-likeness (QED) is 0.658. The fraction of sp³-hybridized carbons (Fsp3) is 0.300. The first-order valence-corrected chi connectivity index (χ1v) is 3.96. The molecule has 1 aromatic carbocycles. The molecule has 0 heterocycles. The maximum atomic E-state index is 10.1. The second-order valence-corrected chi connectivity index (χ2v) is 2.75. The molecule has 1 rings (SSSR count). The van der Waals surface area contributed by atoms with E-state index in [1.165, 1.54) is 11.8 Å². The van der Waals surface area contributed by atoms with E-state index in [1.807, 2.05) is 6.07 Å². The molecule has 0 bridgehead atoms. The summed E-state index contributed by atoms with van der Waals surface area (Å²) in [5, 5.41) is 8.63. The van der Waals surface area contributed by atoms with Gasteiger partial charge in [-0.05, 0) is 12.1 Å². The monoisotopic (exact) mass is 181 g/mol. The zero-order chi connectivity index (χ0) is 10.3. The van der Waals surface area contributed by atoms with Gasteiger partial charge in [-0.3, -0.25) is 4.79 Å². The summed E-state index contributed by atoms with van der Waals surface area (Å²) in [7, 11) is 3.45. The van der Waals surface area contributed by atoms with Gasteiger partial charge >= 0.3 is 0 Å². The van der Waals surface area contributed by atoms with Crippen molar-refractivity contribution in [2.45, 2.75) is 6.92 Å².